The first-order valence-corrected chi connectivity index (χ1v) is 14.0. The van der Waals surface area contributed by atoms with Gasteiger partial charge in [-0.1, -0.05) is 0 Å². The number of carbonyl (C=O) groups is 1. The number of nitrogen functional groups attached to an aromatic ring is 1. The van der Waals surface area contributed by atoms with Crippen molar-refractivity contribution in [3.05, 3.63) is 53.1 Å². The summed E-state index contributed by atoms with van der Waals surface area (Å²) in [6.45, 7) is 0. The van der Waals surface area contributed by atoms with Gasteiger partial charge in [0.2, 0.25) is 5.82 Å². The summed E-state index contributed by atoms with van der Waals surface area (Å²) < 4.78 is 10.0. The molecule has 4 N–H and O–H groups in total. The Hall–Kier alpha value is -3.86. The van der Waals surface area contributed by atoms with E-state index in [4.69, 9.17) is 12.1 Å². The standard InChI is InChI=1S/C28H31N9O2/c29-25-22(14-4-5-14)24(16-9-18-6-7-19(10-16)36(18)28(39)26-31-13-32-35-26)34-27-20(12-33-37(25)27)17-8-15-2-1-3-21(38)23(15)30-11-17/h8,11-14,16,18-19,21,38H,1-7,9-10,29H2,(H,31,32,35)/t16?,18-,19?,21?/m1/s1/i21D. The number of H-pyrrole nitrogens is 1. The van der Waals surface area contributed by atoms with Crippen molar-refractivity contribution in [2.75, 3.05) is 5.73 Å². The average Bonchev–Trinajstić information content (AvgIpc) is 3.33. The molecule has 200 valence electrons. The van der Waals surface area contributed by atoms with E-state index in [0.29, 0.717) is 35.3 Å². The number of hydrogen-bond acceptors (Lipinski definition) is 8. The Morgan fingerprint density at radius 1 is 1.10 bits per heavy atom. The molecule has 2 aliphatic carbocycles. The van der Waals surface area contributed by atoms with Crippen LogP contribution < -0.4 is 5.73 Å². The van der Waals surface area contributed by atoms with E-state index < -0.39 is 6.08 Å². The molecule has 3 fully saturated rings. The molecule has 4 atom stereocenters. The number of aromatic amines is 1. The Bertz CT molecular complexity index is 1630. The number of anilines is 1. The van der Waals surface area contributed by atoms with Crippen molar-refractivity contribution in [3.8, 4) is 11.1 Å². The molecule has 0 spiro atoms. The number of aryl methyl sites for hydroxylation is 1. The maximum absolute atomic E-state index is 13.2. The Balaban J connectivity index is 1.19. The van der Waals surface area contributed by atoms with Gasteiger partial charge in [-0.3, -0.25) is 9.78 Å². The van der Waals surface area contributed by atoms with E-state index in [1.54, 1.807) is 16.9 Å². The second kappa shape index (κ2) is 8.57. The summed E-state index contributed by atoms with van der Waals surface area (Å²) in [4.78, 5) is 27.9. The third-order valence-corrected chi connectivity index (χ3v) is 9.12. The summed E-state index contributed by atoms with van der Waals surface area (Å²) in [7, 11) is 0. The molecule has 0 aromatic carbocycles. The smallest absolute Gasteiger partial charge is 0.292 e. The van der Waals surface area contributed by atoms with E-state index in [9.17, 15) is 9.90 Å². The van der Waals surface area contributed by atoms with Crippen molar-refractivity contribution < 1.29 is 11.3 Å². The quantitative estimate of drug-likeness (QED) is 0.366. The Morgan fingerprint density at radius 2 is 1.92 bits per heavy atom. The second-order valence-electron chi connectivity index (χ2n) is 11.5. The first-order valence-electron chi connectivity index (χ1n) is 14.5. The van der Waals surface area contributed by atoms with E-state index in [2.05, 4.69) is 25.3 Å². The first kappa shape index (κ1) is 22.0. The maximum atomic E-state index is 13.2. The lowest BCUT2D eigenvalue weighted by atomic mass is 9.85. The number of nitrogens with two attached hydrogens (primary N) is 1. The molecule has 4 aromatic heterocycles. The van der Waals surface area contributed by atoms with Crippen LogP contribution in [-0.2, 0) is 6.42 Å². The van der Waals surface area contributed by atoms with Gasteiger partial charge in [0, 0.05) is 40.9 Å². The highest BCUT2D eigenvalue weighted by Gasteiger charge is 2.46. The lowest BCUT2D eigenvalue weighted by Gasteiger charge is -2.39. The molecule has 39 heavy (non-hydrogen) atoms. The predicted molar refractivity (Wildman–Crippen MR) is 142 cm³/mol. The van der Waals surface area contributed by atoms with Crippen LogP contribution in [0.15, 0.2) is 24.8 Å². The molecule has 2 bridgehead atoms. The highest BCUT2D eigenvalue weighted by atomic mass is 16.3. The van der Waals surface area contributed by atoms with Crippen LogP contribution in [0.3, 0.4) is 0 Å². The van der Waals surface area contributed by atoms with Gasteiger partial charge >= 0.3 is 0 Å². The lowest BCUT2D eigenvalue weighted by Crippen LogP contribution is -2.46. The van der Waals surface area contributed by atoms with E-state index in [-0.39, 0.29) is 23.9 Å². The summed E-state index contributed by atoms with van der Waals surface area (Å²) >= 11 is 0. The number of carbonyl (C=O) groups excluding carboxylic acids is 1. The van der Waals surface area contributed by atoms with Crippen LogP contribution >= 0.6 is 0 Å². The van der Waals surface area contributed by atoms with Gasteiger partial charge in [0.25, 0.3) is 5.91 Å². The van der Waals surface area contributed by atoms with Crippen molar-refractivity contribution in [3.63, 3.8) is 0 Å². The third-order valence-electron chi connectivity index (χ3n) is 9.12. The molecule has 1 saturated carbocycles. The fourth-order valence-electron chi connectivity index (χ4n) is 7.19. The first-order chi connectivity index (χ1) is 19.4. The third kappa shape index (κ3) is 3.59. The number of hydrogen-bond donors (Lipinski definition) is 3. The molecule has 8 rings (SSSR count). The van der Waals surface area contributed by atoms with Gasteiger partial charge in [0.1, 0.15) is 12.1 Å². The van der Waals surface area contributed by atoms with Crippen molar-refractivity contribution in [2.45, 2.75) is 87.8 Å². The molecule has 2 saturated heterocycles. The Morgan fingerprint density at radius 3 is 2.67 bits per heavy atom. The number of piperidine rings is 1. The molecule has 3 unspecified atom stereocenters. The zero-order chi connectivity index (χ0) is 27.2. The van der Waals surface area contributed by atoms with Crippen molar-refractivity contribution >= 4 is 17.4 Å². The van der Waals surface area contributed by atoms with Crippen molar-refractivity contribution in [1.82, 2.24) is 39.7 Å². The minimum atomic E-state index is -1.65. The van der Waals surface area contributed by atoms with E-state index in [1.165, 1.54) is 6.33 Å². The van der Waals surface area contributed by atoms with Crippen molar-refractivity contribution in [2.24, 2.45) is 0 Å². The summed E-state index contributed by atoms with van der Waals surface area (Å²) in [5.41, 5.74) is 12.7. The summed E-state index contributed by atoms with van der Waals surface area (Å²) in [5, 5.41) is 22.9. The van der Waals surface area contributed by atoms with Crippen LogP contribution in [0.1, 0.15) is 104 Å². The molecule has 11 nitrogen and oxygen atoms in total. The summed E-state index contributed by atoms with van der Waals surface area (Å²) in [5.74, 6) is 1.46. The van der Waals surface area contributed by atoms with Crippen LogP contribution in [0.5, 0.6) is 0 Å². The Labute approximate surface area is 226 Å². The molecule has 4 aliphatic rings. The van der Waals surface area contributed by atoms with E-state index in [0.717, 1.165) is 79.3 Å². The Kier molecular flexibility index (Phi) is 4.84. The molecule has 4 aromatic rings. The molecular weight excluding hydrogens is 494 g/mol. The average molecular weight is 527 g/mol. The number of fused-ring (bicyclic) bond motifs is 4. The number of nitrogens with one attached hydrogen (secondary N) is 1. The number of pyridine rings is 1. The van der Waals surface area contributed by atoms with Crippen LogP contribution in [0.4, 0.5) is 5.82 Å². The molecular formula is C28H31N9O2. The van der Waals surface area contributed by atoms with Gasteiger partial charge in [-0.25, -0.2) is 4.98 Å². The summed E-state index contributed by atoms with van der Waals surface area (Å²) in [6, 6.07) is 2.27. The molecule has 6 heterocycles. The maximum Gasteiger partial charge on any atom is 0.292 e. The van der Waals surface area contributed by atoms with Crippen LogP contribution in [0.2, 0.25) is 0 Å². The second-order valence-corrected chi connectivity index (χ2v) is 11.5. The van der Waals surface area contributed by atoms with Gasteiger partial charge < -0.3 is 20.7 Å². The lowest BCUT2D eigenvalue weighted by molar-refractivity contribution is 0.0557. The van der Waals surface area contributed by atoms with Gasteiger partial charge in [0.15, 0.2) is 5.65 Å². The fourth-order valence-corrected chi connectivity index (χ4v) is 7.19. The predicted octanol–water partition coefficient (Wildman–Crippen LogP) is 3.29. The number of rotatable bonds is 4. The van der Waals surface area contributed by atoms with Crippen LogP contribution in [0.25, 0.3) is 16.8 Å². The van der Waals surface area contributed by atoms with Crippen LogP contribution in [0, 0.1) is 0 Å². The zero-order valence-electron chi connectivity index (χ0n) is 22.5. The SMILES string of the molecule is [2H]C1(O)CCCc2cc(-c3cnn4c(N)c(C5CC5)c(C5CC6CC[C@H](C5)N6C(=O)c5nnc[nH]5)nc34)cnc21. The van der Waals surface area contributed by atoms with E-state index >= 15 is 0 Å². The normalized spacial score (nSPS) is 28.5. The van der Waals surface area contributed by atoms with Gasteiger partial charge in [-0.2, -0.15) is 9.61 Å². The van der Waals surface area contributed by atoms with Gasteiger partial charge in [0.05, 0.1) is 25.0 Å². The molecule has 0 radical (unpaired) electrons. The van der Waals surface area contributed by atoms with E-state index in [1.807, 2.05) is 11.0 Å². The highest BCUT2D eigenvalue weighted by Crippen LogP contribution is 2.50. The summed E-state index contributed by atoms with van der Waals surface area (Å²) in [6.07, 6.45) is 11.0. The number of aromatic nitrogens is 7. The largest absolute Gasteiger partial charge is 0.387 e. The number of nitrogens with zero attached hydrogens (tertiary/aromatic N) is 7. The minimum Gasteiger partial charge on any atom is -0.387 e. The van der Waals surface area contributed by atoms with Crippen LogP contribution in [-0.4, -0.2) is 62.8 Å². The van der Waals surface area contributed by atoms with Gasteiger partial charge in [-0.15, -0.1) is 10.2 Å². The zero-order valence-corrected chi connectivity index (χ0v) is 21.5. The van der Waals surface area contributed by atoms with Gasteiger partial charge in [-0.05, 0) is 75.3 Å². The monoisotopic (exact) mass is 526 g/mol. The number of aliphatic hydroxyl groups is 1. The fraction of sp³-hybridized carbons (Fsp3) is 0.500. The molecule has 11 heteroatoms. The highest BCUT2D eigenvalue weighted by molar-refractivity contribution is 5.91. The minimum absolute atomic E-state index is 0.0774. The number of amides is 1. The molecule has 1 amide bonds. The molecule has 2 aliphatic heterocycles. The topological polar surface area (TPSA) is 151 Å². The van der Waals surface area contributed by atoms with Crippen molar-refractivity contribution in [1.29, 1.82) is 0 Å².